The van der Waals surface area contributed by atoms with Crippen molar-refractivity contribution in [3.63, 3.8) is 0 Å². The lowest BCUT2D eigenvalue weighted by molar-refractivity contribution is -0.0220. The second kappa shape index (κ2) is 6.58. The van der Waals surface area contributed by atoms with Crippen LogP contribution in [0.4, 0.5) is 10.5 Å². The highest BCUT2D eigenvalue weighted by atomic mass is 16.5. The molecule has 2 atom stereocenters. The largest absolute Gasteiger partial charge is 0.497 e. The zero-order chi connectivity index (χ0) is 14.5. The smallest absolute Gasteiger partial charge is 0.322 e. The maximum atomic E-state index is 12.2. The van der Waals surface area contributed by atoms with E-state index >= 15 is 0 Å². The van der Waals surface area contributed by atoms with E-state index in [1.54, 1.807) is 18.1 Å². The third kappa shape index (κ3) is 3.61. The number of amides is 2. The predicted molar refractivity (Wildman–Crippen MR) is 77.0 cm³/mol. The van der Waals surface area contributed by atoms with Crippen LogP contribution in [0.15, 0.2) is 24.3 Å². The van der Waals surface area contributed by atoms with Gasteiger partial charge in [-0.2, -0.15) is 0 Å². The van der Waals surface area contributed by atoms with E-state index in [0.29, 0.717) is 31.1 Å². The second-order valence-corrected chi connectivity index (χ2v) is 4.88. The van der Waals surface area contributed by atoms with Crippen LogP contribution in [0.2, 0.25) is 0 Å². The number of morpholine rings is 1. The molecule has 1 heterocycles. The number of carbonyl (C=O) groups excluding carboxylic acids is 1. The first kappa shape index (κ1) is 14.6. The van der Waals surface area contributed by atoms with Gasteiger partial charge in [-0.05, 0) is 19.1 Å². The fraction of sp³-hybridized carbons (Fsp3) is 0.500. The number of ether oxygens (including phenoxy) is 2. The van der Waals surface area contributed by atoms with Crippen LogP contribution in [0.25, 0.3) is 0 Å². The number of rotatable bonds is 3. The molecule has 1 aromatic rings. The van der Waals surface area contributed by atoms with Crippen LogP contribution in [0.5, 0.6) is 5.75 Å². The molecule has 3 N–H and O–H groups in total. The first-order valence-electron chi connectivity index (χ1n) is 6.67. The molecule has 1 saturated heterocycles. The van der Waals surface area contributed by atoms with Gasteiger partial charge < -0.3 is 25.4 Å². The summed E-state index contributed by atoms with van der Waals surface area (Å²) < 4.78 is 10.7. The topological polar surface area (TPSA) is 76.8 Å². The van der Waals surface area contributed by atoms with E-state index in [-0.39, 0.29) is 18.2 Å². The minimum absolute atomic E-state index is 0.0950. The van der Waals surface area contributed by atoms with Gasteiger partial charge in [0.05, 0.1) is 26.4 Å². The predicted octanol–water partition coefficient (Wildman–Crippen LogP) is 1.28. The first-order chi connectivity index (χ1) is 9.60. The first-order valence-corrected chi connectivity index (χ1v) is 6.67. The van der Waals surface area contributed by atoms with Crippen LogP contribution in [-0.4, -0.2) is 49.9 Å². The number of carbonyl (C=O) groups is 1. The molecule has 1 aliphatic rings. The highest BCUT2D eigenvalue weighted by molar-refractivity contribution is 5.89. The fourth-order valence-corrected chi connectivity index (χ4v) is 2.08. The van der Waals surface area contributed by atoms with Gasteiger partial charge in [0.25, 0.3) is 0 Å². The van der Waals surface area contributed by atoms with E-state index in [4.69, 9.17) is 15.2 Å². The lowest BCUT2D eigenvalue weighted by atomic mass is 10.1. The van der Waals surface area contributed by atoms with E-state index in [9.17, 15) is 4.79 Å². The van der Waals surface area contributed by atoms with Gasteiger partial charge in [-0.15, -0.1) is 0 Å². The molecule has 1 aliphatic heterocycles. The average molecular weight is 279 g/mol. The SMILES string of the molecule is COc1cccc(NC(=O)N2CCOC(C(C)N)C2)c1. The van der Waals surface area contributed by atoms with Gasteiger partial charge in [0.1, 0.15) is 5.75 Å². The number of methoxy groups -OCH3 is 1. The van der Waals surface area contributed by atoms with Crippen LogP contribution in [0, 0.1) is 0 Å². The van der Waals surface area contributed by atoms with Crippen molar-refractivity contribution in [2.24, 2.45) is 5.73 Å². The highest BCUT2D eigenvalue weighted by Crippen LogP contribution is 2.17. The Balaban J connectivity index is 1.97. The van der Waals surface area contributed by atoms with Crippen LogP contribution in [0.1, 0.15) is 6.92 Å². The van der Waals surface area contributed by atoms with Crippen LogP contribution in [0.3, 0.4) is 0 Å². The minimum Gasteiger partial charge on any atom is -0.497 e. The Morgan fingerprint density at radius 1 is 1.60 bits per heavy atom. The van der Waals surface area contributed by atoms with Gasteiger partial charge in [-0.3, -0.25) is 0 Å². The molecule has 2 amide bonds. The summed E-state index contributed by atoms with van der Waals surface area (Å²) in [6, 6.07) is 7.02. The zero-order valence-electron chi connectivity index (χ0n) is 11.8. The Morgan fingerprint density at radius 3 is 3.10 bits per heavy atom. The summed E-state index contributed by atoms with van der Waals surface area (Å²) in [7, 11) is 1.59. The van der Waals surface area contributed by atoms with Crippen molar-refractivity contribution in [2.75, 3.05) is 32.1 Å². The Hall–Kier alpha value is -1.79. The number of anilines is 1. The number of urea groups is 1. The maximum absolute atomic E-state index is 12.2. The standard InChI is InChI=1S/C14H21N3O3/c1-10(15)13-9-17(6-7-20-13)14(18)16-11-4-3-5-12(8-11)19-2/h3-5,8,10,13H,6-7,9,15H2,1-2H3,(H,16,18). The fourth-order valence-electron chi connectivity index (χ4n) is 2.08. The van der Waals surface area contributed by atoms with Crippen LogP contribution < -0.4 is 15.8 Å². The molecular weight excluding hydrogens is 258 g/mol. The minimum atomic E-state index is -0.146. The van der Waals surface area contributed by atoms with Crippen LogP contribution >= 0.6 is 0 Å². The molecule has 0 bridgehead atoms. The van der Waals surface area contributed by atoms with Gasteiger partial charge in [0.2, 0.25) is 0 Å². The Kier molecular flexibility index (Phi) is 4.81. The van der Waals surface area contributed by atoms with Gasteiger partial charge in [-0.25, -0.2) is 4.79 Å². The molecule has 1 aromatic carbocycles. The molecule has 6 nitrogen and oxygen atoms in total. The van der Waals surface area contributed by atoms with E-state index < -0.39 is 0 Å². The molecule has 0 aliphatic carbocycles. The third-order valence-corrected chi connectivity index (χ3v) is 3.29. The molecule has 20 heavy (non-hydrogen) atoms. The number of hydrogen-bond donors (Lipinski definition) is 2. The van der Waals surface area contributed by atoms with E-state index in [1.165, 1.54) is 0 Å². The van der Waals surface area contributed by atoms with Crippen molar-refractivity contribution in [2.45, 2.75) is 19.1 Å². The summed E-state index contributed by atoms with van der Waals surface area (Å²) in [5, 5.41) is 2.86. The van der Waals surface area contributed by atoms with Crippen LogP contribution in [-0.2, 0) is 4.74 Å². The molecule has 0 saturated carbocycles. The number of nitrogens with two attached hydrogens (primary N) is 1. The van der Waals surface area contributed by atoms with E-state index in [2.05, 4.69) is 5.32 Å². The Labute approximate surface area is 118 Å². The van der Waals surface area contributed by atoms with Crippen molar-refractivity contribution < 1.29 is 14.3 Å². The van der Waals surface area contributed by atoms with Crippen molar-refractivity contribution in [3.05, 3.63) is 24.3 Å². The second-order valence-electron chi connectivity index (χ2n) is 4.88. The highest BCUT2D eigenvalue weighted by Gasteiger charge is 2.26. The summed E-state index contributed by atoms with van der Waals surface area (Å²) in [6.07, 6.45) is -0.111. The van der Waals surface area contributed by atoms with Crippen molar-refractivity contribution in [1.82, 2.24) is 4.90 Å². The molecular formula is C14H21N3O3. The van der Waals surface area contributed by atoms with Gasteiger partial charge in [0, 0.05) is 24.3 Å². The molecule has 1 fully saturated rings. The van der Waals surface area contributed by atoms with E-state index in [0.717, 1.165) is 0 Å². The summed E-state index contributed by atoms with van der Waals surface area (Å²) >= 11 is 0. The monoisotopic (exact) mass is 279 g/mol. The number of nitrogens with one attached hydrogen (secondary N) is 1. The van der Waals surface area contributed by atoms with Gasteiger partial charge >= 0.3 is 6.03 Å². The molecule has 0 radical (unpaired) electrons. The number of benzene rings is 1. The summed E-state index contributed by atoms with van der Waals surface area (Å²) in [5.74, 6) is 0.707. The normalized spacial score (nSPS) is 20.4. The number of hydrogen-bond acceptors (Lipinski definition) is 4. The zero-order valence-corrected chi connectivity index (χ0v) is 11.8. The lowest BCUT2D eigenvalue weighted by Crippen LogP contribution is -2.52. The van der Waals surface area contributed by atoms with Crippen molar-refractivity contribution in [3.8, 4) is 5.75 Å². The van der Waals surface area contributed by atoms with Gasteiger partial charge in [0.15, 0.2) is 0 Å². The Morgan fingerprint density at radius 2 is 2.40 bits per heavy atom. The molecule has 110 valence electrons. The molecule has 0 spiro atoms. The van der Waals surface area contributed by atoms with Crippen molar-refractivity contribution >= 4 is 11.7 Å². The summed E-state index contributed by atoms with van der Waals surface area (Å²) in [5.41, 5.74) is 6.53. The van der Waals surface area contributed by atoms with Gasteiger partial charge in [-0.1, -0.05) is 6.07 Å². The summed E-state index contributed by atoms with van der Waals surface area (Å²) in [6.45, 7) is 3.47. The quantitative estimate of drug-likeness (QED) is 0.873. The molecule has 6 heteroatoms. The molecule has 0 aromatic heterocycles. The Bertz CT molecular complexity index is 465. The molecule has 2 unspecified atom stereocenters. The summed E-state index contributed by atoms with van der Waals surface area (Å²) in [4.78, 5) is 13.9. The van der Waals surface area contributed by atoms with Crippen molar-refractivity contribution in [1.29, 1.82) is 0 Å². The van der Waals surface area contributed by atoms with E-state index in [1.807, 2.05) is 25.1 Å². The maximum Gasteiger partial charge on any atom is 0.322 e. The lowest BCUT2D eigenvalue weighted by Gasteiger charge is -2.34. The third-order valence-electron chi connectivity index (χ3n) is 3.29. The molecule has 2 rings (SSSR count). The number of nitrogens with zero attached hydrogens (tertiary/aromatic N) is 1. The average Bonchev–Trinajstić information content (AvgIpc) is 2.47.